The van der Waals surface area contributed by atoms with E-state index in [2.05, 4.69) is 15.3 Å². The Bertz CT molecular complexity index is 450. The van der Waals surface area contributed by atoms with E-state index in [0.29, 0.717) is 6.61 Å². The molecule has 2 rings (SSSR count). The van der Waals surface area contributed by atoms with Gasteiger partial charge in [0.05, 0.1) is 6.04 Å². The number of aryl methyl sites for hydroxylation is 1. The lowest BCUT2D eigenvalue weighted by Gasteiger charge is -2.24. The van der Waals surface area contributed by atoms with Crippen molar-refractivity contribution in [2.75, 3.05) is 32.6 Å². The van der Waals surface area contributed by atoms with Gasteiger partial charge in [-0.25, -0.2) is 14.8 Å². The Morgan fingerprint density at radius 2 is 2.16 bits per heavy atom. The molecular formula is C14H21N3O2. The number of hydrazine groups is 1. The molecule has 1 aromatic carbocycles. The minimum absolute atomic E-state index is 0.271. The first-order chi connectivity index (χ1) is 9.08. The number of benzene rings is 1. The van der Waals surface area contributed by atoms with Crippen molar-refractivity contribution in [2.45, 2.75) is 19.4 Å². The number of anilines is 1. The molecule has 5 heteroatoms. The Hall–Kier alpha value is -1.59. The maximum absolute atomic E-state index is 11.7. The Labute approximate surface area is 114 Å². The maximum atomic E-state index is 11.7. The molecule has 0 radical (unpaired) electrons. The summed E-state index contributed by atoms with van der Waals surface area (Å²) in [6.07, 6.45) is 0.627. The van der Waals surface area contributed by atoms with Gasteiger partial charge in [0.25, 0.3) is 0 Å². The summed E-state index contributed by atoms with van der Waals surface area (Å²) in [5.74, 6) is 0. The summed E-state index contributed by atoms with van der Waals surface area (Å²) in [6.45, 7) is 3.37. The van der Waals surface area contributed by atoms with Gasteiger partial charge in [-0.3, -0.25) is 5.32 Å². The van der Waals surface area contributed by atoms with Crippen LogP contribution in [0.2, 0.25) is 0 Å². The number of para-hydroxylation sites is 1. The fraction of sp³-hybridized carbons (Fsp3) is 0.500. The predicted molar refractivity (Wildman–Crippen MR) is 74.9 cm³/mol. The second-order valence-corrected chi connectivity index (χ2v) is 4.94. The third-order valence-corrected chi connectivity index (χ3v) is 3.64. The maximum Gasteiger partial charge on any atom is 0.411 e. The molecule has 1 aliphatic heterocycles. The number of amides is 1. The topological polar surface area (TPSA) is 44.8 Å². The number of likely N-dealkylation sites (N-methyl/N-ethyl adjacent to an activating group) is 1. The second kappa shape index (κ2) is 6.04. The van der Waals surface area contributed by atoms with Crippen molar-refractivity contribution < 1.29 is 9.53 Å². The molecule has 0 bridgehead atoms. The third kappa shape index (κ3) is 3.45. The number of rotatable bonds is 3. The molecule has 1 N–H and O–H groups in total. The summed E-state index contributed by atoms with van der Waals surface area (Å²) in [6, 6.07) is 7.92. The fourth-order valence-corrected chi connectivity index (χ4v) is 2.18. The first kappa shape index (κ1) is 13.8. The van der Waals surface area contributed by atoms with E-state index in [1.165, 1.54) is 0 Å². The predicted octanol–water partition coefficient (Wildman–Crippen LogP) is 2.09. The molecule has 1 fully saturated rings. The summed E-state index contributed by atoms with van der Waals surface area (Å²) in [5.41, 5.74) is 1.82. The van der Waals surface area contributed by atoms with Crippen molar-refractivity contribution in [3.8, 4) is 0 Å². The summed E-state index contributed by atoms with van der Waals surface area (Å²) < 4.78 is 5.29. The van der Waals surface area contributed by atoms with Crippen LogP contribution < -0.4 is 5.32 Å². The van der Waals surface area contributed by atoms with Gasteiger partial charge in [-0.05, 0) is 25.0 Å². The van der Waals surface area contributed by atoms with E-state index >= 15 is 0 Å². The van der Waals surface area contributed by atoms with Crippen LogP contribution >= 0.6 is 0 Å². The van der Waals surface area contributed by atoms with Crippen LogP contribution in [0.25, 0.3) is 0 Å². The third-order valence-electron chi connectivity index (χ3n) is 3.64. The highest BCUT2D eigenvalue weighted by molar-refractivity contribution is 5.85. The minimum atomic E-state index is -0.391. The molecule has 0 aromatic heterocycles. The van der Waals surface area contributed by atoms with Crippen molar-refractivity contribution in [1.29, 1.82) is 0 Å². The standard InChI is InChI=1S/C14H21N3O2/c1-11-6-4-5-7-13(11)15-14(18)19-10-12-8-9-16(2)17(12)3/h4-7,12H,8-10H2,1-3H3,(H,15,18). The van der Waals surface area contributed by atoms with Crippen LogP contribution in [-0.2, 0) is 4.74 Å². The van der Waals surface area contributed by atoms with Crippen LogP contribution in [0.5, 0.6) is 0 Å². The van der Waals surface area contributed by atoms with Crippen molar-refractivity contribution >= 4 is 11.8 Å². The fourth-order valence-electron chi connectivity index (χ4n) is 2.18. The molecule has 1 atom stereocenters. The van der Waals surface area contributed by atoms with E-state index in [0.717, 1.165) is 24.2 Å². The van der Waals surface area contributed by atoms with Crippen LogP contribution in [0.1, 0.15) is 12.0 Å². The summed E-state index contributed by atoms with van der Waals surface area (Å²) >= 11 is 0. The summed E-state index contributed by atoms with van der Waals surface area (Å²) in [7, 11) is 4.05. The zero-order valence-electron chi connectivity index (χ0n) is 11.7. The van der Waals surface area contributed by atoms with Gasteiger partial charge in [0.1, 0.15) is 6.61 Å². The molecule has 1 unspecified atom stereocenters. The molecule has 0 saturated carbocycles. The van der Waals surface area contributed by atoms with E-state index < -0.39 is 6.09 Å². The molecule has 1 aliphatic rings. The lowest BCUT2D eigenvalue weighted by Crippen LogP contribution is -2.38. The van der Waals surface area contributed by atoms with Gasteiger partial charge in [-0.2, -0.15) is 0 Å². The van der Waals surface area contributed by atoms with Gasteiger partial charge in [0, 0.05) is 26.3 Å². The van der Waals surface area contributed by atoms with Crippen molar-refractivity contribution in [1.82, 2.24) is 10.0 Å². The van der Waals surface area contributed by atoms with Gasteiger partial charge in [0.2, 0.25) is 0 Å². The summed E-state index contributed by atoms with van der Waals surface area (Å²) in [5, 5.41) is 7.01. The molecule has 0 spiro atoms. The van der Waals surface area contributed by atoms with E-state index in [4.69, 9.17) is 4.74 Å². The largest absolute Gasteiger partial charge is 0.448 e. The number of carbonyl (C=O) groups is 1. The van der Waals surface area contributed by atoms with Crippen LogP contribution in [0.3, 0.4) is 0 Å². The van der Waals surface area contributed by atoms with E-state index in [1.54, 1.807) is 0 Å². The van der Waals surface area contributed by atoms with Crippen LogP contribution in [-0.4, -0.2) is 49.4 Å². The van der Waals surface area contributed by atoms with Crippen LogP contribution in [0, 0.1) is 6.92 Å². The molecule has 104 valence electrons. The minimum Gasteiger partial charge on any atom is -0.448 e. The quantitative estimate of drug-likeness (QED) is 0.907. The Balaban J connectivity index is 1.81. The molecular weight excluding hydrogens is 242 g/mol. The van der Waals surface area contributed by atoms with E-state index in [9.17, 15) is 4.79 Å². The van der Waals surface area contributed by atoms with Crippen LogP contribution in [0.4, 0.5) is 10.5 Å². The molecule has 0 aliphatic carbocycles. The van der Waals surface area contributed by atoms with Gasteiger partial charge < -0.3 is 4.74 Å². The molecule has 1 saturated heterocycles. The van der Waals surface area contributed by atoms with E-state index in [-0.39, 0.29) is 6.04 Å². The van der Waals surface area contributed by atoms with Crippen LogP contribution in [0.15, 0.2) is 24.3 Å². The number of nitrogens with zero attached hydrogens (tertiary/aromatic N) is 2. The molecule has 1 amide bonds. The van der Waals surface area contributed by atoms with Gasteiger partial charge in [-0.15, -0.1) is 0 Å². The average molecular weight is 263 g/mol. The molecule has 19 heavy (non-hydrogen) atoms. The first-order valence-corrected chi connectivity index (χ1v) is 6.51. The zero-order valence-corrected chi connectivity index (χ0v) is 11.7. The first-order valence-electron chi connectivity index (χ1n) is 6.51. The van der Waals surface area contributed by atoms with Gasteiger partial charge >= 0.3 is 6.09 Å². The molecule has 1 aromatic rings. The summed E-state index contributed by atoms with van der Waals surface area (Å²) in [4.78, 5) is 11.7. The Kier molecular flexibility index (Phi) is 4.39. The Morgan fingerprint density at radius 3 is 2.79 bits per heavy atom. The number of nitrogens with one attached hydrogen (secondary N) is 1. The van der Waals surface area contributed by atoms with E-state index in [1.807, 2.05) is 45.3 Å². The lowest BCUT2D eigenvalue weighted by atomic mass is 10.2. The number of hydrogen-bond donors (Lipinski definition) is 1. The zero-order chi connectivity index (χ0) is 13.8. The van der Waals surface area contributed by atoms with Crippen molar-refractivity contribution in [3.63, 3.8) is 0 Å². The Morgan fingerprint density at radius 1 is 1.42 bits per heavy atom. The highest BCUT2D eigenvalue weighted by Gasteiger charge is 2.26. The van der Waals surface area contributed by atoms with Crippen molar-refractivity contribution in [3.05, 3.63) is 29.8 Å². The highest BCUT2D eigenvalue weighted by atomic mass is 16.5. The second-order valence-electron chi connectivity index (χ2n) is 4.94. The number of ether oxygens (including phenoxy) is 1. The normalized spacial score (nSPS) is 20.5. The number of hydrogen-bond acceptors (Lipinski definition) is 4. The molecule has 1 heterocycles. The lowest BCUT2D eigenvalue weighted by molar-refractivity contribution is 0.0266. The number of carbonyl (C=O) groups excluding carboxylic acids is 1. The van der Waals surface area contributed by atoms with Crippen molar-refractivity contribution in [2.24, 2.45) is 0 Å². The SMILES string of the molecule is Cc1ccccc1NC(=O)OCC1CCN(C)N1C. The highest BCUT2D eigenvalue weighted by Crippen LogP contribution is 2.16. The van der Waals surface area contributed by atoms with Gasteiger partial charge in [-0.1, -0.05) is 18.2 Å². The van der Waals surface area contributed by atoms with Gasteiger partial charge in [0.15, 0.2) is 0 Å². The monoisotopic (exact) mass is 263 g/mol. The average Bonchev–Trinajstić information content (AvgIpc) is 2.70. The smallest absolute Gasteiger partial charge is 0.411 e. The molecule has 5 nitrogen and oxygen atoms in total.